The van der Waals surface area contributed by atoms with Gasteiger partial charge in [0, 0.05) is 30.9 Å². The third-order valence-corrected chi connectivity index (χ3v) is 4.29. The van der Waals surface area contributed by atoms with Crippen LogP contribution in [0.5, 0.6) is 0 Å². The van der Waals surface area contributed by atoms with E-state index < -0.39 is 0 Å². The zero-order valence-corrected chi connectivity index (χ0v) is 11.6. The van der Waals surface area contributed by atoms with Crippen LogP contribution in [0.4, 0.5) is 5.13 Å². The highest BCUT2D eigenvalue weighted by atomic mass is 32.1. The minimum atomic E-state index is -0.380. The number of piperidine rings is 1. The lowest BCUT2D eigenvalue weighted by Crippen LogP contribution is -2.47. The van der Waals surface area contributed by atoms with E-state index >= 15 is 0 Å². The zero-order valence-electron chi connectivity index (χ0n) is 10.8. The van der Waals surface area contributed by atoms with Crippen molar-refractivity contribution in [1.29, 1.82) is 0 Å². The lowest BCUT2D eigenvalue weighted by molar-refractivity contribution is -0.140. The van der Waals surface area contributed by atoms with Gasteiger partial charge in [-0.05, 0) is 25.7 Å². The first-order chi connectivity index (χ1) is 9.15. The van der Waals surface area contributed by atoms with Gasteiger partial charge in [0.2, 0.25) is 16.9 Å². The van der Waals surface area contributed by atoms with E-state index in [4.69, 9.17) is 0 Å². The summed E-state index contributed by atoms with van der Waals surface area (Å²) in [4.78, 5) is 29.6. The van der Waals surface area contributed by atoms with Crippen LogP contribution >= 0.6 is 11.5 Å². The topological polar surface area (TPSA) is 75.2 Å². The molecule has 1 aromatic rings. The van der Waals surface area contributed by atoms with Crippen LogP contribution in [-0.4, -0.2) is 39.2 Å². The monoisotopic (exact) mass is 280 g/mol. The van der Waals surface area contributed by atoms with Gasteiger partial charge in [0.1, 0.15) is 11.9 Å². The van der Waals surface area contributed by atoms with E-state index in [0.717, 1.165) is 25.1 Å². The van der Waals surface area contributed by atoms with E-state index in [2.05, 4.69) is 14.7 Å². The lowest BCUT2D eigenvalue weighted by atomic mass is 10.0. The second-order valence-electron chi connectivity index (χ2n) is 5.13. The van der Waals surface area contributed by atoms with Gasteiger partial charge in [0.15, 0.2) is 0 Å². The molecule has 1 aliphatic carbocycles. The van der Waals surface area contributed by atoms with E-state index in [9.17, 15) is 9.59 Å². The Morgan fingerprint density at radius 1 is 1.42 bits per heavy atom. The molecule has 1 N–H and O–H groups in total. The summed E-state index contributed by atoms with van der Waals surface area (Å²) in [7, 11) is 1.68. The number of hydrogen-bond donors (Lipinski definition) is 1. The molecule has 19 heavy (non-hydrogen) atoms. The highest BCUT2D eigenvalue weighted by Gasteiger charge is 2.32. The van der Waals surface area contributed by atoms with Crippen molar-refractivity contribution in [2.75, 3.05) is 12.4 Å². The highest BCUT2D eigenvalue weighted by molar-refractivity contribution is 7.09. The number of aromatic nitrogens is 2. The molecular weight excluding hydrogens is 264 g/mol. The Morgan fingerprint density at radius 2 is 2.21 bits per heavy atom. The van der Waals surface area contributed by atoms with E-state index in [0.29, 0.717) is 23.9 Å². The van der Waals surface area contributed by atoms with Crippen LogP contribution in [0.3, 0.4) is 0 Å². The number of nitrogens with one attached hydrogen (secondary N) is 1. The third kappa shape index (κ3) is 2.60. The summed E-state index contributed by atoms with van der Waals surface area (Å²) >= 11 is 1.22. The molecular formula is C12H16N4O2S. The largest absolute Gasteiger partial charge is 0.334 e. The number of nitrogens with zero attached hydrogens (tertiary/aromatic N) is 3. The van der Waals surface area contributed by atoms with Crippen LogP contribution in [-0.2, 0) is 9.59 Å². The van der Waals surface area contributed by atoms with Crippen LogP contribution in [0.2, 0.25) is 0 Å². The summed E-state index contributed by atoms with van der Waals surface area (Å²) in [6.07, 6.45) is 4.30. The van der Waals surface area contributed by atoms with Gasteiger partial charge < -0.3 is 4.90 Å². The number of likely N-dealkylation sites (N-methyl/N-ethyl adjacent to an activating group) is 1. The molecule has 102 valence electrons. The maximum Gasteiger partial charge on any atom is 0.248 e. The Kier molecular flexibility index (Phi) is 3.22. The number of rotatable bonds is 3. The van der Waals surface area contributed by atoms with E-state index in [1.165, 1.54) is 16.4 Å². The van der Waals surface area contributed by atoms with Crippen LogP contribution < -0.4 is 5.32 Å². The SMILES string of the molecule is CN1C(=O)CCCC1C(=O)Nc1nc(C2CC2)ns1. The number of carbonyl (C=O) groups is 2. The van der Waals surface area contributed by atoms with Crippen molar-refractivity contribution in [2.45, 2.75) is 44.1 Å². The lowest BCUT2D eigenvalue weighted by Gasteiger charge is -2.30. The van der Waals surface area contributed by atoms with Crippen molar-refractivity contribution in [2.24, 2.45) is 0 Å². The van der Waals surface area contributed by atoms with Crippen molar-refractivity contribution in [3.8, 4) is 0 Å². The number of anilines is 1. The zero-order chi connectivity index (χ0) is 13.4. The Balaban J connectivity index is 1.64. The molecule has 6 nitrogen and oxygen atoms in total. The molecule has 0 aromatic carbocycles. The third-order valence-electron chi connectivity index (χ3n) is 3.65. The Hall–Kier alpha value is -1.50. The Labute approximate surface area is 115 Å². The molecule has 3 rings (SSSR count). The van der Waals surface area contributed by atoms with Gasteiger partial charge in [0.05, 0.1) is 0 Å². The first-order valence-electron chi connectivity index (χ1n) is 6.55. The standard InChI is InChI=1S/C12H16N4O2S/c1-16-8(3-2-4-9(16)17)11(18)14-12-13-10(15-19-12)7-5-6-7/h7-8H,2-6H2,1H3,(H,13,14,15,18). The summed E-state index contributed by atoms with van der Waals surface area (Å²) in [6, 6.07) is -0.380. The molecule has 0 spiro atoms. The molecule has 1 saturated carbocycles. The number of amides is 2. The first-order valence-corrected chi connectivity index (χ1v) is 7.32. The molecule has 2 heterocycles. The highest BCUT2D eigenvalue weighted by Crippen LogP contribution is 2.39. The van der Waals surface area contributed by atoms with Crippen LogP contribution in [0.15, 0.2) is 0 Å². The van der Waals surface area contributed by atoms with Gasteiger partial charge in [-0.1, -0.05) is 0 Å². The predicted molar refractivity (Wildman–Crippen MR) is 70.9 cm³/mol. The average molecular weight is 280 g/mol. The van der Waals surface area contributed by atoms with E-state index in [1.807, 2.05) is 0 Å². The molecule has 2 aliphatic rings. The minimum Gasteiger partial charge on any atom is -0.334 e. The predicted octanol–water partition coefficient (Wildman–Crippen LogP) is 1.36. The van der Waals surface area contributed by atoms with Gasteiger partial charge in [-0.2, -0.15) is 4.37 Å². The molecule has 0 bridgehead atoms. The van der Waals surface area contributed by atoms with Gasteiger partial charge in [-0.3, -0.25) is 14.9 Å². The summed E-state index contributed by atoms with van der Waals surface area (Å²) in [5.41, 5.74) is 0. The molecule has 1 aliphatic heterocycles. The molecule has 1 atom stereocenters. The van der Waals surface area contributed by atoms with Gasteiger partial charge in [0.25, 0.3) is 0 Å². The van der Waals surface area contributed by atoms with Crippen molar-refractivity contribution < 1.29 is 9.59 Å². The maximum atomic E-state index is 12.2. The summed E-state index contributed by atoms with van der Waals surface area (Å²) in [5.74, 6) is 1.20. The van der Waals surface area contributed by atoms with Crippen LogP contribution in [0.1, 0.15) is 43.8 Å². The molecule has 2 amide bonds. The maximum absolute atomic E-state index is 12.2. The van der Waals surface area contributed by atoms with Gasteiger partial charge in [-0.25, -0.2) is 4.98 Å². The molecule has 1 unspecified atom stereocenters. The second kappa shape index (κ2) is 4.88. The number of hydrogen-bond acceptors (Lipinski definition) is 5. The summed E-state index contributed by atoms with van der Waals surface area (Å²) in [5, 5.41) is 3.32. The molecule has 2 fully saturated rings. The normalized spacial score (nSPS) is 23.5. The molecule has 0 radical (unpaired) electrons. The van der Waals surface area contributed by atoms with Crippen molar-refractivity contribution in [1.82, 2.24) is 14.3 Å². The second-order valence-corrected chi connectivity index (χ2v) is 5.89. The van der Waals surface area contributed by atoms with Crippen molar-refractivity contribution in [3.05, 3.63) is 5.82 Å². The summed E-state index contributed by atoms with van der Waals surface area (Å²) < 4.78 is 4.25. The number of likely N-dealkylation sites (tertiary alicyclic amines) is 1. The Morgan fingerprint density at radius 3 is 2.95 bits per heavy atom. The fourth-order valence-electron chi connectivity index (χ4n) is 2.28. The van der Waals surface area contributed by atoms with Crippen LogP contribution in [0, 0.1) is 0 Å². The van der Waals surface area contributed by atoms with Crippen LogP contribution in [0.25, 0.3) is 0 Å². The quantitative estimate of drug-likeness (QED) is 0.907. The van der Waals surface area contributed by atoms with E-state index in [1.54, 1.807) is 7.05 Å². The first kappa shape index (κ1) is 12.5. The van der Waals surface area contributed by atoms with Crippen molar-refractivity contribution >= 4 is 28.5 Å². The molecule has 7 heteroatoms. The average Bonchev–Trinajstić information content (AvgIpc) is 3.14. The smallest absolute Gasteiger partial charge is 0.248 e. The fourth-order valence-corrected chi connectivity index (χ4v) is 2.93. The molecule has 1 saturated heterocycles. The molecule has 1 aromatic heterocycles. The number of carbonyl (C=O) groups excluding carboxylic acids is 2. The van der Waals surface area contributed by atoms with Gasteiger partial charge >= 0.3 is 0 Å². The Bertz CT molecular complexity index is 512. The van der Waals surface area contributed by atoms with Gasteiger partial charge in [-0.15, -0.1) is 0 Å². The summed E-state index contributed by atoms with van der Waals surface area (Å²) in [6.45, 7) is 0. The minimum absolute atomic E-state index is 0.0299. The fraction of sp³-hybridized carbons (Fsp3) is 0.667. The van der Waals surface area contributed by atoms with Crippen molar-refractivity contribution in [3.63, 3.8) is 0 Å². The van der Waals surface area contributed by atoms with E-state index in [-0.39, 0.29) is 17.9 Å².